The monoisotopic (exact) mass is 290 g/mol. The molecule has 2 aliphatic rings. The lowest BCUT2D eigenvalue weighted by molar-refractivity contribution is -0.384. The van der Waals surface area contributed by atoms with Crippen LogP contribution < -0.4 is 0 Å². The van der Waals surface area contributed by atoms with Crippen molar-refractivity contribution in [2.45, 2.75) is 37.8 Å². The molecule has 0 N–H and O–H groups in total. The van der Waals surface area contributed by atoms with Gasteiger partial charge in [-0.3, -0.25) is 15.0 Å². The number of hydrogen-bond donors (Lipinski definition) is 0. The van der Waals surface area contributed by atoms with E-state index >= 15 is 0 Å². The maximum atomic E-state index is 12.1. The molecule has 0 radical (unpaired) electrons. The minimum absolute atomic E-state index is 0.0236. The fraction of sp³-hybridized carbons (Fsp3) is 0.533. The van der Waals surface area contributed by atoms with Crippen molar-refractivity contribution < 1.29 is 14.5 Å². The first-order valence-corrected chi connectivity index (χ1v) is 7.33. The van der Waals surface area contributed by atoms with Gasteiger partial charge in [0.25, 0.3) is 5.69 Å². The van der Waals surface area contributed by atoms with E-state index in [2.05, 4.69) is 4.90 Å². The molecule has 0 amide bonds. The zero-order chi connectivity index (χ0) is 14.8. The van der Waals surface area contributed by atoms with E-state index in [1.54, 1.807) is 0 Å². The largest absolute Gasteiger partial charge is 0.457 e. The Labute approximate surface area is 122 Å². The predicted molar refractivity (Wildman–Crippen MR) is 76.1 cm³/mol. The van der Waals surface area contributed by atoms with Crippen molar-refractivity contribution >= 4 is 11.7 Å². The summed E-state index contributed by atoms with van der Waals surface area (Å²) in [5.74, 6) is -0.394. The Hall–Kier alpha value is -1.95. The highest BCUT2D eigenvalue weighted by Gasteiger charge is 2.35. The first-order valence-electron chi connectivity index (χ1n) is 7.33. The van der Waals surface area contributed by atoms with Gasteiger partial charge in [0.05, 0.1) is 10.5 Å². The smallest absolute Gasteiger partial charge is 0.338 e. The number of piperidine rings is 1. The van der Waals surface area contributed by atoms with Gasteiger partial charge in [-0.1, -0.05) is 6.42 Å². The molecule has 3 rings (SSSR count). The van der Waals surface area contributed by atoms with E-state index in [0.29, 0.717) is 11.6 Å². The molecule has 6 nitrogen and oxygen atoms in total. The lowest BCUT2D eigenvalue weighted by Gasteiger charge is -2.28. The summed E-state index contributed by atoms with van der Waals surface area (Å²) >= 11 is 0. The Bertz CT molecular complexity index is 529. The number of nitro benzene ring substituents is 1. The van der Waals surface area contributed by atoms with Crippen molar-refractivity contribution in [3.05, 3.63) is 39.9 Å². The van der Waals surface area contributed by atoms with Gasteiger partial charge < -0.3 is 4.74 Å². The third kappa shape index (κ3) is 3.05. The van der Waals surface area contributed by atoms with E-state index in [1.807, 2.05) is 0 Å². The van der Waals surface area contributed by atoms with E-state index in [4.69, 9.17) is 4.74 Å². The van der Waals surface area contributed by atoms with Gasteiger partial charge in [0.15, 0.2) is 0 Å². The van der Waals surface area contributed by atoms with Crippen molar-refractivity contribution in [1.29, 1.82) is 0 Å². The van der Waals surface area contributed by atoms with Crippen LogP contribution in [0.4, 0.5) is 5.69 Å². The molecule has 6 heteroatoms. The third-order valence-electron chi connectivity index (χ3n) is 4.31. The molecule has 21 heavy (non-hydrogen) atoms. The minimum Gasteiger partial charge on any atom is -0.457 e. The van der Waals surface area contributed by atoms with Gasteiger partial charge >= 0.3 is 5.97 Å². The van der Waals surface area contributed by atoms with Crippen LogP contribution in [0.15, 0.2) is 24.3 Å². The van der Waals surface area contributed by atoms with Gasteiger partial charge in [-0.2, -0.15) is 0 Å². The molecule has 0 spiro atoms. The predicted octanol–water partition coefficient (Wildman–Crippen LogP) is 2.38. The standard InChI is InChI=1S/C15H18N2O4/c18-15(11-4-6-12(7-5-11)17(19)20)21-14-9-13-3-1-2-8-16(13)10-14/h4-7,13-14H,1-3,8-10H2/t13-,14+/m1/s1. The van der Waals surface area contributed by atoms with Crippen LogP contribution in [0.3, 0.4) is 0 Å². The summed E-state index contributed by atoms with van der Waals surface area (Å²) in [7, 11) is 0. The molecule has 0 aliphatic carbocycles. The number of carbonyl (C=O) groups excluding carboxylic acids is 1. The van der Waals surface area contributed by atoms with Gasteiger partial charge in [-0.05, 0) is 31.5 Å². The van der Waals surface area contributed by atoms with E-state index in [9.17, 15) is 14.9 Å². The zero-order valence-corrected chi connectivity index (χ0v) is 11.7. The number of nitro groups is 1. The molecule has 112 valence electrons. The Morgan fingerprint density at radius 1 is 1.29 bits per heavy atom. The number of ether oxygens (including phenoxy) is 1. The van der Waals surface area contributed by atoms with Crippen LogP contribution in [0.25, 0.3) is 0 Å². The third-order valence-corrected chi connectivity index (χ3v) is 4.31. The van der Waals surface area contributed by atoms with Crippen LogP contribution in [0, 0.1) is 10.1 Å². The molecule has 2 saturated heterocycles. The maximum Gasteiger partial charge on any atom is 0.338 e. The fourth-order valence-electron chi connectivity index (χ4n) is 3.23. The Balaban J connectivity index is 1.60. The Kier molecular flexibility index (Phi) is 3.88. The second kappa shape index (κ2) is 5.81. The molecule has 0 aromatic heterocycles. The first-order chi connectivity index (χ1) is 10.1. The van der Waals surface area contributed by atoms with Gasteiger partial charge in [-0.15, -0.1) is 0 Å². The number of fused-ring (bicyclic) bond motifs is 1. The average molecular weight is 290 g/mol. The molecule has 0 bridgehead atoms. The molecule has 0 saturated carbocycles. The highest BCUT2D eigenvalue weighted by atomic mass is 16.6. The number of nitrogens with zero attached hydrogens (tertiary/aromatic N) is 2. The van der Waals surface area contributed by atoms with Crippen LogP contribution in [-0.4, -0.2) is 41.0 Å². The second-order valence-corrected chi connectivity index (χ2v) is 5.71. The molecule has 1 aromatic rings. The molecular formula is C15H18N2O4. The summed E-state index contributed by atoms with van der Waals surface area (Å²) in [4.78, 5) is 24.6. The molecule has 0 unspecified atom stereocenters. The second-order valence-electron chi connectivity index (χ2n) is 5.71. The fourth-order valence-corrected chi connectivity index (χ4v) is 3.23. The van der Waals surface area contributed by atoms with Gasteiger partial charge in [0, 0.05) is 31.1 Å². The molecule has 2 aliphatic heterocycles. The number of esters is 1. The summed E-state index contributed by atoms with van der Waals surface area (Å²) in [5, 5.41) is 10.6. The first kappa shape index (κ1) is 14.0. The number of carbonyl (C=O) groups is 1. The van der Waals surface area contributed by atoms with Crippen molar-refractivity contribution in [2.24, 2.45) is 0 Å². The zero-order valence-electron chi connectivity index (χ0n) is 11.7. The molecule has 2 atom stereocenters. The summed E-state index contributed by atoms with van der Waals surface area (Å²) in [5.41, 5.74) is 0.343. The van der Waals surface area contributed by atoms with Gasteiger partial charge in [0.1, 0.15) is 6.10 Å². The van der Waals surface area contributed by atoms with Crippen LogP contribution in [-0.2, 0) is 4.74 Å². The van der Waals surface area contributed by atoms with E-state index in [0.717, 1.165) is 19.5 Å². The van der Waals surface area contributed by atoms with Crippen molar-refractivity contribution in [3.63, 3.8) is 0 Å². The average Bonchev–Trinajstić information content (AvgIpc) is 2.89. The summed E-state index contributed by atoms with van der Waals surface area (Å²) in [6.45, 7) is 1.90. The highest BCUT2D eigenvalue weighted by molar-refractivity contribution is 5.89. The number of rotatable bonds is 3. The van der Waals surface area contributed by atoms with Crippen molar-refractivity contribution in [3.8, 4) is 0 Å². The van der Waals surface area contributed by atoms with Crippen LogP contribution in [0.2, 0.25) is 0 Å². The number of benzene rings is 1. The SMILES string of the molecule is O=C(O[C@H]1C[C@H]2CCCCN2C1)c1ccc([N+](=O)[O-])cc1. The van der Waals surface area contributed by atoms with Gasteiger partial charge in [0.2, 0.25) is 0 Å². The van der Waals surface area contributed by atoms with E-state index in [-0.39, 0.29) is 11.8 Å². The number of hydrogen-bond acceptors (Lipinski definition) is 5. The Morgan fingerprint density at radius 2 is 2.05 bits per heavy atom. The van der Waals surface area contributed by atoms with Gasteiger partial charge in [-0.25, -0.2) is 4.79 Å². The molecule has 2 heterocycles. The summed E-state index contributed by atoms with van der Waals surface area (Å²) < 4.78 is 5.54. The minimum atomic E-state index is -0.482. The van der Waals surface area contributed by atoms with Crippen molar-refractivity contribution in [2.75, 3.05) is 13.1 Å². The lowest BCUT2D eigenvalue weighted by Crippen LogP contribution is -2.34. The van der Waals surface area contributed by atoms with Crippen LogP contribution in [0.5, 0.6) is 0 Å². The Morgan fingerprint density at radius 3 is 2.71 bits per heavy atom. The lowest BCUT2D eigenvalue weighted by atomic mass is 10.0. The number of non-ortho nitro benzene ring substituents is 1. The highest BCUT2D eigenvalue weighted by Crippen LogP contribution is 2.28. The van der Waals surface area contributed by atoms with Crippen LogP contribution in [0.1, 0.15) is 36.0 Å². The normalized spacial score (nSPS) is 25.3. The summed E-state index contributed by atoms with van der Waals surface area (Å²) in [6.07, 6.45) is 4.50. The molecule has 1 aromatic carbocycles. The topological polar surface area (TPSA) is 72.7 Å². The van der Waals surface area contributed by atoms with E-state index < -0.39 is 10.9 Å². The van der Waals surface area contributed by atoms with E-state index in [1.165, 1.54) is 43.5 Å². The quantitative estimate of drug-likeness (QED) is 0.485. The maximum absolute atomic E-state index is 12.1. The van der Waals surface area contributed by atoms with Crippen LogP contribution >= 0.6 is 0 Å². The summed E-state index contributed by atoms with van der Waals surface area (Å²) in [6, 6.07) is 6.10. The molecular weight excluding hydrogens is 272 g/mol. The van der Waals surface area contributed by atoms with Crippen molar-refractivity contribution in [1.82, 2.24) is 4.90 Å². The molecule has 2 fully saturated rings.